The summed E-state index contributed by atoms with van der Waals surface area (Å²) in [6, 6.07) is 5.27. The molecular weight excluding hydrogens is 1020 g/mol. The largest absolute Gasteiger partial charge is 0.480 e. The third-order valence-corrected chi connectivity index (χ3v) is 12.3. The number of H-pyrrole nitrogens is 1. The third-order valence-electron chi connectivity index (χ3n) is 11.6. The Bertz CT molecular complexity index is 2480. The predicted octanol–water partition coefficient (Wildman–Crippen LogP) is -3.57. The van der Waals surface area contributed by atoms with Crippen LogP contribution in [0.1, 0.15) is 56.6 Å². The molecule has 3 rings (SSSR count). The Labute approximate surface area is 450 Å². The summed E-state index contributed by atoms with van der Waals surface area (Å²) in [5, 5.41) is 58.8. The SMILES string of the molecule is C[C@@H](NC(=O)[C@H](CS)NC(=O)[C@@H](N)CCCNC(=N)N)C(=O)N[C@@H](CCCNC(=N)N)C(=O)N[C@H](Cc1ccccc1)C(=O)N[C@@H](CCCNC(=N)N)C(=O)N[C@H](Cc1c[nH]c2ccccc12)C(=O)N[C@@H](CS)C(=O)O. The van der Waals surface area contributed by atoms with E-state index in [9.17, 15) is 43.5 Å². The second-order valence-electron chi connectivity index (χ2n) is 17.6. The van der Waals surface area contributed by atoms with Gasteiger partial charge in [0.2, 0.25) is 41.4 Å². The number of carbonyl (C=O) groups is 8. The molecular formula is C47H72N18O9S2. The third kappa shape index (κ3) is 22.0. The van der Waals surface area contributed by atoms with Gasteiger partial charge in [0.1, 0.15) is 42.3 Å². The number of benzene rings is 2. The van der Waals surface area contributed by atoms with Gasteiger partial charge in [-0.3, -0.25) is 49.8 Å². The van der Waals surface area contributed by atoms with E-state index in [1.807, 2.05) is 6.07 Å². The molecule has 0 unspecified atom stereocenters. The number of aliphatic carboxylic acids is 1. The highest BCUT2D eigenvalue weighted by atomic mass is 32.1. The first-order chi connectivity index (χ1) is 36.1. The maximum absolute atomic E-state index is 14.6. The lowest BCUT2D eigenvalue weighted by molar-refractivity contribution is -0.141. The van der Waals surface area contributed by atoms with E-state index in [1.54, 1.807) is 54.7 Å². The Morgan fingerprint density at radius 1 is 0.539 bits per heavy atom. The molecule has 23 N–H and O–H groups in total. The van der Waals surface area contributed by atoms with Gasteiger partial charge in [0.15, 0.2) is 17.9 Å². The van der Waals surface area contributed by atoms with Crippen molar-refractivity contribution in [2.24, 2.45) is 22.9 Å². The van der Waals surface area contributed by atoms with Gasteiger partial charge in [-0.15, -0.1) is 0 Å². The molecule has 1 aromatic heterocycles. The number of rotatable bonds is 33. The molecule has 0 fully saturated rings. The van der Waals surface area contributed by atoms with E-state index in [2.05, 4.69) is 83.4 Å². The predicted molar refractivity (Wildman–Crippen MR) is 292 cm³/mol. The Morgan fingerprint density at radius 2 is 0.961 bits per heavy atom. The molecule has 416 valence electrons. The van der Waals surface area contributed by atoms with E-state index >= 15 is 0 Å². The summed E-state index contributed by atoms with van der Waals surface area (Å²) in [6.07, 6.45) is 2.17. The molecule has 0 bridgehead atoms. The van der Waals surface area contributed by atoms with E-state index in [4.69, 9.17) is 39.2 Å². The van der Waals surface area contributed by atoms with Crippen LogP contribution in [0.25, 0.3) is 10.9 Å². The average Bonchev–Trinajstić information content (AvgIpc) is 3.79. The highest BCUT2D eigenvalue weighted by Crippen LogP contribution is 2.20. The van der Waals surface area contributed by atoms with Gasteiger partial charge in [0.25, 0.3) is 0 Å². The normalized spacial score (nSPS) is 14.1. The molecule has 0 aliphatic heterocycles. The first kappa shape index (κ1) is 62.5. The number of guanidine groups is 3. The summed E-state index contributed by atoms with van der Waals surface area (Å²) >= 11 is 8.24. The smallest absolute Gasteiger partial charge is 0.327 e. The summed E-state index contributed by atoms with van der Waals surface area (Å²) in [5.41, 5.74) is 24.2. The first-order valence-electron chi connectivity index (χ1n) is 24.3. The molecule has 1 heterocycles. The number of thiol groups is 2. The number of para-hydroxylation sites is 1. The number of hydrogen-bond acceptors (Lipinski definition) is 14. The molecule has 0 aliphatic rings. The van der Waals surface area contributed by atoms with E-state index in [0.717, 1.165) is 10.9 Å². The van der Waals surface area contributed by atoms with Crippen LogP contribution < -0.4 is 76.1 Å². The van der Waals surface area contributed by atoms with Gasteiger partial charge in [0, 0.05) is 61.1 Å². The number of nitrogens with one attached hydrogen (secondary N) is 14. The lowest BCUT2D eigenvalue weighted by atomic mass is 10.0. The van der Waals surface area contributed by atoms with Crippen molar-refractivity contribution >= 4 is 101 Å². The molecule has 0 saturated heterocycles. The van der Waals surface area contributed by atoms with Crippen molar-refractivity contribution in [2.45, 2.75) is 107 Å². The zero-order valence-corrected chi connectivity index (χ0v) is 43.8. The maximum atomic E-state index is 14.6. The van der Waals surface area contributed by atoms with Crippen molar-refractivity contribution in [3.8, 4) is 0 Å². The van der Waals surface area contributed by atoms with E-state index in [0.29, 0.717) is 24.1 Å². The fourth-order valence-corrected chi connectivity index (χ4v) is 7.99. The molecule has 8 atom stereocenters. The summed E-state index contributed by atoms with van der Waals surface area (Å²) in [7, 11) is 0. The molecule has 29 heteroatoms. The van der Waals surface area contributed by atoms with E-state index in [-0.39, 0.29) is 87.4 Å². The number of carboxylic acids is 1. The molecule has 0 spiro atoms. The molecule has 27 nitrogen and oxygen atoms in total. The Morgan fingerprint density at radius 3 is 1.47 bits per heavy atom. The van der Waals surface area contributed by atoms with Gasteiger partial charge in [-0.05, 0) is 62.6 Å². The zero-order valence-electron chi connectivity index (χ0n) is 42.0. The molecule has 76 heavy (non-hydrogen) atoms. The molecule has 0 radical (unpaired) electrons. The number of aromatic amines is 1. The fraction of sp³-hybridized carbons (Fsp3) is 0.468. The van der Waals surface area contributed by atoms with Crippen LogP contribution in [0.5, 0.6) is 0 Å². The number of carboxylic acid groups (broad SMARTS) is 1. The monoisotopic (exact) mass is 1100 g/mol. The summed E-state index contributed by atoms with van der Waals surface area (Å²) in [6.45, 7) is 1.84. The topological polar surface area (TPSA) is 469 Å². The fourth-order valence-electron chi connectivity index (χ4n) is 7.48. The van der Waals surface area contributed by atoms with Crippen LogP contribution in [0.4, 0.5) is 0 Å². The summed E-state index contributed by atoms with van der Waals surface area (Å²) in [5.74, 6) is -8.42. The Hall–Kier alpha value is -7.79. The van der Waals surface area contributed by atoms with Gasteiger partial charge >= 0.3 is 5.97 Å². The maximum Gasteiger partial charge on any atom is 0.327 e. The van der Waals surface area contributed by atoms with Crippen molar-refractivity contribution in [3.05, 3.63) is 71.9 Å². The van der Waals surface area contributed by atoms with Gasteiger partial charge in [0.05, 0.1) is 6.04 Å². The first-order valence-corrected chi connectivity index (χ1v) is 25.6. The van der Waals surface area contributed by atoms with Crippen molar-refractivity contribution in [1.82, 2.24) is 58.2 Å². The van der Waals surface area contributed by atoms with Crippen LogP contribution in [0, 0.1) is 16.2 Å². The molecule has 0 aliphatic carbocycles. The van der Waals surface area contributed by atoms with Gasteiger partial charge in [-0.25, -0.2) is 4.79 Å². The standard InChI is InChI=1S/C47H72N18O9S2/c1-25(59-43(72)35(23-75)64-38(67)29(48)13-7-17-55-45(49)50)37(66)60-31(15-8-18-56-46(51)52)39(68)62-33(20-26-10-3-2-4-11-26)41(70)61-32(16-9-19-57-47(53)54)40(69)63-34(42(71)65-36(24-76)44(73)74)21-27-22-58-30-14-6-5-12-28(27)30/h2-6,10-12,14,22,25,29,31-36,58,75-76H,7-9,13,15-21,23-24,48H2,1H3,(H,59,72)(H,60,66)(H,61,70)(H,62,68)(H,63,69)(H,64,67)(H,65,71)(H,73,74)(H4,49,50,55)(H4,51,52,56)(H4,53,54,57)/t25-,29+,31+,32+,33-,34-,35+,36+/m1/s1. The highest BCUT2D eigenvalue weighted by Gasteiger charge is 2.34. The molecule has 7 amide bonds. The number of aromatic nitrogens is 1. The van der Waals surface area contributed by atoms with E-state index in [1.165, 1.54) is 6.92 Å². The van der Waals surface area contributed by atoms with Crippen LogP contribution in [-0.4, -0.2) is 155 Å². The van der Waals surface area contributed by atoms with Crippen LogP contribution in [-0.2, 0) is 51.2 Å². The minimum atomic E-state index is -1.42. The second-order valence-corrected chi connectivity index (χ2v) is 18.3. The number of carbonyl (C=O) groups excluding carboxylic acids is 7. The lowest BCUT2D eigenvalue weighted by Gasteiger charge is -2.27. The number of nitrogens with two attached hydrogens (primary N) is 4. The van der Waals surface area contributed by atoms with Crippen LogP contribution in [0.3, 0.4) is 0 Å². The molecule has 2 aromatic carbocycles. The zero-order chi connectivity index (χ0) is 56.3. The van der Waals surface area contributed by atoms with Crippen molar-refractivity contribution < 1.29 is 43.5 Å². The number of hydrogen-bond donors (Lipinski definition) is 21. The van der Waals surface area contributed by atoms with Crippen molar-refractivity contribution in [1.29, 1.82) is 16.2 Å². The van der Waals surface area contributed by atoms with Gasteiger partial charge in [-0.1, -0.05) is 48.5 Å². The summed E-state index contributed by atoms with van der Waals surface area (Å²) in [4.78, 5) is 112. The minimum Gasteiger partial charge on any atom is -0.480 e. The molecule has 3 aromatic rings. The highest BCUT2D eigenvalue weighted by molar-refractivity contribution is 7.80. The average molecular weight is 1100 g/mol. The number of fused-ring (bicyclic) bond motifs is 1. The van der Waals surface area contributed by atoms with Crippen LogP contribution in [0.15, 0.2) is 60.8 Å². The van der Waals surface area contributed by atoms with Crippen molar-refractivity contribution in [2.75, 3.05) is 31.1 Å². The van der Waals surface area contributed by atoms with Gasteiger partial charge < -0.3 is 86.2 Å². The minimum absolute atomic E-state index is 0.0721. The van der Waals surface area contributed by atoms with Crippen LogP contribution >= 0.6 is 25.3 Å². The summed E-state index contributed by atoms with van der Waals surface area (Å²) < 4.78 is 0. The second kappa shape index (κ2) is 32.5. The number of amides is 7. The lowest BCUT2D eigenvalue weighted by Crippen LogP contribution is -2.60. The van der Waals surface area contributed by atoms with E-state index < -0.39 is 95.7 Å². The molecule has 0 saturated carbocycles. The quantitative estimate of drug-likeness (QED) is 0.0121. The Kier molecular flexibility index (Phi) is 26.7. The van der Waals surface area contributed by atoms with Crippen LogP contribution in [0.2, 0.25) is 0 Å². The van der Waals surface area contributed by atoms with Gasteiger partial charge in [-0.2, -0.15) is 25.3 Å². The Balaban J connectivity index is 1.91. The van der Waals surface area contributed by atoms with Crippen molar-refractivity contribution in [3.63, 3.8) is 0 Å².